The molecular weight excluding hydrogens is 409 g/mol. The summed E-state index contributed by atoms with van der Waals surface area (Å²) in [4.78, 5) is 17.4. The van der Waals surface area contributed by atoms with E-state index in [1.54, 1.807) is 24.1 Å². The molecule has 2 N–H and O–H groups in total. The van der Waals surface area contributed by atoms with Gasteiger partial charge < -0.3 is 15.5 Å². The maximum atomic E-state index is 13.1. The van der Waals surface area contributed by atoms with Crippen LogP contribution >= 0.6 is 0 Å². The van der Waals surface area contributed by atoms with Crippen molar-refractivity contribution in [3.63, 3.8) is 0 Å². The van der Waals surface area contributed by atoms with Crippen LogP contribution in [0.15, 0.2) is 48.5 Å². The van der Waals surface area contributed by atoms with E-state index in [2.05, 4.69) is 32.8 Å². The van der Waals surface area contributed by atoms with Crippen molar-refractivity contribution in [2.24, 2.45) is 0 Å². The number of alkyl halides is 3. The highest BCUT2D eigenvalue weighted by molar-refractivity contribution is 5.74. The molecule has 0 radical (unpaired) electrons. The van der Waals surface area contributed by atoms with Gasteiger partial charge in [0, 0.05) is 32.1 Å². The minimum atomic E-state index is -4.61. The molecule has 1 saturated heterocycles. The average molecular weight is 432 g/mol. The van der Waals surface area contributed by atoms with E-state index in [0.29, 0.717) is 25.5 Å². The largest absolute Gasteiger partial charge is 0.453 e. The molecule has 3 aromatic rings. The number of piperidine rings is 1. The van der Waals surface area contributed by atoms with Crippen molar-refractivity contribution < 1.29 is 18.0 Å². The van der Waals surface area contributed by atoms with Crippen LogP contribution < -0.4 is 10.6 Å². The molecule has 0 bridgehead atoms. The molecule has 1 aliphatic heterocycles. The van der Waals surface area contributed by atoms with Crippen molar-refractivity contribution in [1.82, 2.24) is 24.8 Å². The van der Waals surface area contributed by atoms with Gasteiger partial charge in [-0.25, -0.2) is 9.78 Å². The number of amides is 2. The molecule has 0 saturated carbocycles. The Labute approximate surface area is 177 Å². The van der Waals surface area contributed by atoms with E-state index in [1.807, 2.05) is 18.2 Å². The lowest BCUT2D eigenvalue weighted by Gasteiger charge is -2.42. The summed E-state index contributed by atoms with van der Waals surface area (Å²) in [6.45, 7) is 1.66. The number of pyridine rings is 1. The first-order valence-corrected chi connectivity index (χ1v) is 10.0. The fourth-order valence-electron chi connectivity index (χ4n) is 4.07. The van der Waals surface area contributed by atoms with Crippen LogP contribution in [0.5, 0.6) is 0 Å². The first-order chi connectivity index (χ1) is 14.8. The first-order valence-electron chi connectivity index (χ1n) is 10.0. The van der Waals surface area contributed by atoms with Gasteiger partial charge in [0.25, 0.3) is 5.82 Å². The second-order valence-electron chi connectivity index (χ2n) is 7.66. The van der Waals surface area contributed by atoms with Crippen molar-refractivity contribution in [2.75, 3.05) is 32.0 Å². The average Bonchev–Trinajstić information content (AvgIpc) is 3.24. The summed E-state index contributed by atoms with van der Waals surface area (Å²) in [7, 11) is 1.61. The van der Waals surface area contributed by atoms with E-state index < -0.39 is 12.0 Å². The molecule has 0 spiro atoms. The van der Waals surface area contributed by atoms with Gasteiger partial charge in [-0.3, -0.25) is 0 Å². The quantitative estimate of drug-likeness (QED) is 0.662. The summed E-state index contributed by atoms with van der Waals surface area (Å²) < 4.78 is 40.3. The van der Waals surface area contributed by atoms with Gasteiger partial charge in [-0.1, -0.05) is 36.4 Å². The van der Waals surface area contributed by atoms with E-state index in [1.165, 1.54) is 10.6 Å². The smallest absolute Gasteiger partial charge is 0.369 e. The number of carbonyl (C=O) groups is 1. The number of benzene rings is 1. The summed E-state index contributed by atoms with van der Waals surface area (Å²) in [5.41, 5.74) is 0.975. The standard InChI is InChI=1S/C21H23F3N6O/c1-25-19(31)29-12-10-20(11-13-29,15-6-3-2-4-7-15)14-26-16-8-5-9-17-27-18(21(22,23)24)28-30(16)17/h2-9,26H,10-14H2,1H3,(H,25,31). The third kappa shape index (κ3) is 4.14. The number of hydrogen-bond acceptors (Lipinski definition) is 4. The van der Waals surface area contributed by atoms with E-state index in [9.17, 15) is 18.0 Å². The number of nitrogens with zero attached hydrogens (tertiary/aromatic N) is 4. The SMILES string of the molecule is CNC(=O)N1CCC(CNc2cccc3nc(C(F)(F)F)nn23)(c2ccccc2)CC1. The number of likely N-dealkylation sites (tertiary alicyclic amines) is 1. The topological polar surface area (TPSA) is 74.6 Å². The molecule has 0 atom stereocenters. The Bertz CT molecular complexity index is 1060. The minimum Gasteiger partial charge on any atom is -0.369 e. The third-order valence-corrected chi connectivity index (χ3v) is 5.83. The molecule has 2 aromatic heterocycles. The van der Waals surface area contributed by atoms with Crippen LogP contribution in [0.25, 0.3) is 5.65 Å². The number of hydrogen-bond donors (Lipinski definition) is 2. The van der Waals surface area contributed by atoms with Crippen LogP contribution in [-0.2, 0) is 11.6 Å². The molecular formula is C21H23F3N6O. The number of aromatic nitrogens is 3. The van der Waals surface area contributed by atoms with Crippen molar-refractivity contribution in [1.29, 1.82) is 0 Å². The molecule has 2 amide bonds. The minimum absolute atomic E-state index is 0.110. The maximum absolute atomic E-state index is 13.1. The predicted octanol–water partition coefficient (Wildman–Crippen LogP) is 3.53. The zero-order valence-electron chi connectivity index (χ0n) is 17.0. The number of rotatable bonds is 4. The second-order valence-corrected chi connectivity index (χ2v) is 7.66. The molecule has 1 aliphatic rings. The van der Waals surface area contributed by atoms with Crippen LogP contribution in [-0.4, -0.2) is 52.2 Å². The van der Waals surface area contributed by atoms with Crippen LogP contribution in [0, 0.1) is 0 Å². The highest BCUT2D eigenvalue weighted by Gasteiger charge is 2.38. The Balaban J connectivity index is 1.61. The first kappa shape index (κ1) is 21.0. The van der Waals surface area contributed by atoms with E-state index >= 15 is 0 Å². The van der Waals surface area contributed by atoms with Gasteiger partial charge in [0.1, 0.15) is 5.82 Å². The summed E-state index contributed by atoms with van der Waals surface area (Å²) in [6.07, 6.45) is -3.17. The molecule has 3 heterocycles. The fraction of sp³-hybridized carbons (Fsp3) is 0.381. The molecule has 1 aromatic carbocycles. The van der Waals surface area contributed by atoms with Gasteiger partial charge in [0.05, 0.1) is 0 Å². The number of halogens is 3. The summed E-state index contributed by atoms with van der Waals surface area (Å²) >= 11 is 0. The van der Waals surface area contributed by atoms with Crippen LogP contribution in [0.3, 0.4) is 0 Å². The lowest BCUT2D eigenvalue weighted by atomic mass is 9.72. The Hall–Kier alpha value is -3.30. The normalized spacial score (nSPS) is 16.3. The maximum Gasteiger partial charge on any atom is 0.453 e. The van der Waals surface area contributed by atoms with Crippen molar-refractivity contribution >= 4 is 17.5 Å². The number of fused-ring (bicyclic) bond motifs is 1. The molecule has 1 fully saturated rings. The predicted molar refractivity (Wildman–Crippen MR) is 110 cm³/mol. The Morgan fingerprint density at radius 1 is 1.10 bits per heavy atom. The number of carbonyl (C=O) groups excluding carboxylic acids is 1. The summed E-state index contributed by atoms with van der Waals surface area (Å²) in [5.74, 6) is -0.733. The van der Waals surface area contributed by atoms with Gasteiger partial charge in [-0.05, 0) is 30.5 Å². The molecule has 164 valence electrons. The molecule has 0 unspecified atom stereocenters. The summed E-state index contributed by atoms with van der Waals surface area (Å²) in [5, 5.41) is 9.60. The second kappa shape index (κ2) is 8.09. The van der Waals surface area contributed by atoms with E-state index in [-0.39, 0.29) is 17.1 Å². The molecule has 7 nitrogen and oxygen atoms in total. The van der Waals surface area contributed by atoms with Crippen molar-refractivity contribution in [2.45, 2.75) is 24.4 Å². The molecule has 0 aliphatic carbocycles. The molecule has 4 rings (SSSR count). The fourth-order valence-corrected chi connectivity index (χ4v) is 4.07. The van der Waals surface area contributed by atoms with Crippen LogP contribution in [0.1, 0.15) is 24.2 Å². The van der Waals surface area contributed by atoms with Gasteiger partial charge in [0.2, 0.25) is 0 Å². The van der Waals surface area contributed by atoms with E-state index in [0.717, 1.165) is 18.4 Å². The Morgan fingerprint density at radius 3 is 2.45 bits per heavy atom. The Kier molecular flexibility index (Phi) is 5.47. The zero-order valence-corrected chi connectivity index (χ0v) is 17.0. The lowest BCUT2D eigenvalue weighted by molar-refractivity contribution is -0.144. The highest BCUT2D eigenvalue weighted by atomic mass is 19.4. The highest BCUT2D eigenvalue weighted by Crippen LogP contribution is 2.36. The van der Waals surface area contributed by atoms with Gasteiger partial charge in [-0.2, -0.15) is 17.7 Å². The van der Waals surface area contributed by atoms with Crippen molar-refractivity contribution in [3.8, 4) is 0 Å². The van der Waals surface area contributed by atoms with Gasteiger partial charge >= 0.3 is 12.2 Å². The van der Waals surface area contributed by atoms with Crippen molar-refractivity contribution in [3.05, 3.63) is 59.9 Å². The number of urea groups is 1. The molecule has 31 heavy (non-hydrogen) atoms. The van der Waals surface area contributed by atoms with E-state index in [4.69, 9.17) is 0 Å². The zero-order chi connectivity index (χ0) is 22.1. The molecule has 10 heteroatoms. The van der Waals surface area contributed by atoms with Gasteiger partial charge in [0.15, 0.2) is 5.65 Å². The van der Waals surface area contributed by atoms with Crippen LogP contribution in [0.4, 0.5) is 23.8 Å². The van der Waals surface area contributed by atoms with Gasteiger partial charge in [-0.15, -0.1) is 5.10 Å². The number of nitrogens with one attached hydrogen (secondary N) is 2. The summed E-state index contributed by atoms with van der Waals surface area (Å²) in [6, 6.07) is 14.7. The monoisotopic (exact) mass is 432 g/mol. The van der Waals surface area contributed by atoms with Crippen LogP contribution in [0.2, 0.25) is 0 Å². The Morgan fingerprint density at radius 2 is 1.81 bits per heavy atom. The number of anilines is 1. The third-order valence-electron chi connectivity index (χ3n) is 5.83. The lowest BCUT2D eigenvalue weighted by Crippen LogP contribution is -2.50.